The van der Waals surface area contributed by atoms with Gasteiger partial charge in [0, 0.05) is 55.8 Å². The molecule has 0 radical (unpaired) electrons. The average Bonchev–Trinajstić information content (AvgIpc) is 3.42. The number of furan rings is 1. The summed E-state index contributed by atoms with van der Waals surface area (Å²) in [5.74, 6) is -0.340. The van der Waals surface area contributed by atoms with Gasteiger partial charge >= 0.3 is 0 Å². The normalized spacial score (nSPS) is 16.4. The summed E-state index contributed by atoms with van der Waals surface area (Å²) >= 11 is 0. The van der Waals surface area contributed by atoms with Crippen LogP contribution in [0.3, 0.4) is 0 Å². The van der Waals surface area contributed by atoms with Crippen LogP contribution in [-0.2, 0) is 9.47 Å². The average molecular weight is 615 g/mol. The predicted molar refractivity (Wildman–Crippen MR) is 171 cm³/mol. The van der Waals surface area contributed by atoms with E-state index in [9.17, 15) is 9.59 Å². The number of carbonyl (C=O) groups is 1. The number of ether oxygens (including phenoxy) is 3. The zero-order chi connectivity index (χ0) is 29.8. The Kier molecular flexibility index (Phi) is 7.68. The lowest BCUT2D eigenvalue weighted by Gasteiger charge is -2.29. The first-order valence-electron chi connectivity index (χ1n) is 15.0. The summed E-state index contributed by atoms with van der Waals surface area (Å²) in [5.41, 5.74) is 1.96. The third kappa shape index (κ3) is 5.01. The van der Waals surface area contributed by atoms with Crippen molar-refractivity contribution in [3.8, 4) is 17.2 Å². The van der Waals surface area contributed by atoms with Gasteiger partial charge < -0.3 is 33.4 Å². The van der Waals surface area contributed by atoms with E-state index in [1.807, 2.05) is 36.4 Å². The standard InChI is InChI=1S/C33H31FN4O6.CH4/c34-24-16-22-30-32(29(24)35-6-3-7-36-8-12-41-13-9-36)44-28-17-21-20-4-1-2-5-26(20)43-27(21)18-25(28)38(30)19-23(31(22)39)33(40)37-10-14-42-15-11-37;/h1-2,4-5,16-19,35H,3,6-15H2;1H4. The number of nitrogens with zero attached hydrogens (tertiary/aromatic N) is 3. The maximum atomic E-state index is 15.9. The molecule has 0 spiro atoms. The maximum absolute atomic E-state index is 15.9. The van der Waals surface area contributed by atoms with E-state index in [0.29, 0.717) is 55.4 Å². The van der Waals surface area contributed by atoms with Crippen LogP contribution in [-0.4, -0.2) is 86.0 Å². The predicted octanol–water partition coefficient (Wildman–Crippen LogP) is 5.38. The Labute approximate surface area is 258 Å². The Morgan fingerprint density at radius 2 is 1.67 bits per heavy atom. The number of rotatable bonds is 6. The van der Waals surface area contributed by atoms with E-state index in [1.54, 1.807) is 15.7 Å². The molecule has 0 unspecified atom stereocenters. The van der Waals surface area contributed by atoms with Crippen molar-refractivity contribution in [1.82, 2.24) is 14.4 Å². The number of hydrogen-bond donors (Lipinski definition) is 1. The van der Waals surface area contributed by atoms with Crippen molar-refractivity contribution in [2.45, 2.75) is 13.8 Å². The third-order valence-electron chi connectivity index (χ3n) is 8.71. The molecular formula is C34H35FN4O6. The lowest BCUT2D eigenvalue weighted by molar-refractivity contribution is 0.0301. The van der Waals surface area contributed by atoms with Crippen molar-refractivity contribution < 1.29 is 27.8 Å². The third-order valence-corrected chi connectivity index (χ3v) is 8.71. The zero-order valence-electron chi connectivity index (χ0n) is 24.1. The van der Waals surface area contributed by atoms with E-state index in [0.717, 1.165) is 55.6 Å². The molecule has 2 fully saturated rings. The van der Waals surface area contributed by atoms with Crippen molar-refractivity contribution in [3.63, 3.8) is 0 Å². The number of para-hydroxylation sites is 1. The van der Waals surface area contributed by atoms with E-state index in [2.05, 4.69) is 10.2 Å². The molecule has 5 heterocycles. The topological polar surface area (TPSA) is 98.4 Å². The van der Waals surface area contributed by atoms with Crippen LogP contribution in [0.15, 0.2) is 57.9 Å². The number of amides is 1. The van der Waals surface area contributed by atoms with Gasteiger partial charge in [-0.25, -0.2) is 4.39 Å². The first-order valence-corrected chi connectivity index (χ1v) is 15.0. The number of carbonyl (C=O) groups excluding carboxylic acids is 1. The number of nitrogens with one attached hydrogen (secondary N) is 1. The summed E-state index contributed by atoms with van der Waals surface area (Å²) in [5, 5.41) is 5.09. The zero-order valence-corrected chi connectivity index (χ0v) is 24.1. The summed E-state index contributed by atoms with van der Waals surface area (Å²) in [4.78, 5) is 31.4. The molecule has 0 atom stereocenters. The number of anilines is 1. The van der Waals surface area contributed by atoms with E-state index in [4.69, 9.17) is 18.6 Å². The molecule has 3 aromatic carbocycles. The minimum absolute atomic E-state index is 0. The van der Waals surface area contributed by atoms with Gasteiger partial charge in [0.15, 0.2) is 17.3 Å². The van der Waals surface area contributed by atoms with Crippen molar-refractivity contribution >= 4 is 44.4 Å². The molecular weight excluding hydrogens is 579 g/mol. The number of fused-ring (bicyclic) bond motifs is 5. The number of morpholine rings is 2. The van der Waals surface area contributed by atoms with Crippen LogP contribution in [0.1, 0.15) is 24.2 Å². The summed E-state index contributed by atoms with van der Waals surface area (Å²) in [6.07, 6.45) is 2.34. The monoisotopic (exact) mass is 614 g/mol. The molecule has 11 heteroatoms. The second-order valence-electron chi connectivity index (χ2n) is 11.4. The Hall–Kier alpha value is -4.45. The van der Waals surface area contributed by atoms with Crippen molar-refractivity contribution in [2.75, 3.05) is 71.0 Å². The summed E-state index contributed by atoms with van der Waals surface area (Å²) < 4.78 is 41.1. The number of aromatic nitrogens is 1. The first-order chi connectivity index (χ1) is 21.6. The van der Waals surface area contributed by atoms with Crippen molar-refractivity contribution in [3.05, 3.63) is 70.3 Å². The fourth-order valence-corrected chi connectivity index (χ4v) is 6.43. The summed E-state index contributed by atoms with van der Waals surface area (Å²) in [6.45, 7) is 6.11. The van der Waals surface area contributed by atoms with Crippen LogP contribution in [0, 0.1) is 5.82 Å². The van der Waals surface area contributed by atoms with Crippen molar-refractivity contribution in [2.24, 2.45) is 0 Å². The van der Waals surface area contributed by atoms with Crippen LogP contribution in [0.25, 0.3) is 38.5 Å². The minimum atomic E-state index is -0.614. The van der Waals surface area contributed by atoms with E-state index < -0.39 is 17.2 Å². The molecule has 8 rings (SSSR count). The molecule has 234 valence electrons. The highest BCUT2D eigenvalue weighted by molar-refractivity contribution is 6.07. The van der Waals surface area contributed by atoms with Gasteiger partial charge in [0.25, 0.3) is 5.91 Å². The molecule has 2 saturated heterocycles. The van der Waals surface area contributed by atoms with Gasteiger partial charge in [-0.05, 0) is 31.2 Å². The lowest BCUT2D eigenvalue weighted by Crippen LogP contribution is -2.42. The van der Waals surface area contributed by atoms with Gasteiger partial charge in [-0.15, -0.1) is 0 Å². The molecule has 10 nitrogen and oxygen atoms in total. The largest absolute Gasteiger partial charge is 0.456 e. The SMILES string of the molecule is C.O=C(c1cn2c3c(c(NCCCN4CCOCC4)c(F)cc3c1=O)Oc1cc3c(cc1-2)oc1ccccc13)N1CCOCC1. The van der Waals surface area contributed by atoms with E-state index >= 15 is 4.39 Å². The Bertz CT molecular complexity index is 1990. The minimum Gasteiger partial charge on any atom is -0.456 e. The summed E-state index contributed by atoms with van der Waals surface area (Å²) in [6, 6.07) is 12.7. The molecule has 0 saturated carbocycles. The number of halogens is 1. The molecule has 45 heavy (non-hydrogen) atoms. The molecule has 1 amide bonds. The van der Waals surface area contributed by atoms with Crippen LogP contribution >= 0.6 is 0 Å². The second kappa shape index (κ2) is 11.8. The molecule has 2 aromatic heterocycles. The lowest BCUT2D eigenvalue weighted by atomic mass is 10.0. The van der Waals surface area contributed by atoms with E-state index in [-0.39, 0.29) is 29.8 Å². The first kappa shape index (κ1) is 29.3. The van der Waals surface area contributed by atoms with Crippen LogP contribution < -0.4 is 15.5 Å². The smallest absolute Gasteiger partial charge is 0.259 e. The van der Waals surface area contributed by atoms with Gasteiger partial charge in [0.05, 0.1) is 37.5 Å². The molecule has 0 aliphatic carbocycles. The number of pyridine rings is 1. The highest BCUT2D eigenvalue weighted by atomic mass is 19.1. The number of benzene rings is 3. The van der Waals surface area contributed by atoms with Crippen molar-refractivity contribution in [1.29, 1.82) is 0 Å². The maximum Gasteiger partial charge on any atom is 0.259 e. The van der Waals surface area contributed by atoms with Gasteiger partial charge in [-0.1, -0.05) is 25.6 Å². The van der Waals surface area contributed by atoms with Crippen LogP contribution in [0.2, 0.25) is 0 Å². The molecule has 0 bridgehead atoms. The van der Waals surface area contributed by atoms with Gasteiger partial charge in [0.2, 0.25) is 5.43 Å². The second-order valence-corrected chi connectivity index (χ2v) is 11.4. The number of hydrogen-bond acceptors (Lipinski definition) is 8. The fraction of sp³-hybridized carbons (Fsp3) is 0.353. The molecule has 3 aliphatic heterocycles. The Balaban J connectivity index is 0.00000325. The van der Waals surface area contributed by atoms with Gasteiger partial charge in [-0.3, -0.25) is 14.5 Å². The Morgan fingerprint density at radius 3 is 2.47 bits per heavy atom. The molecule has 1 N–H and O–H groups in total. The highest BCUT2D eigenvalue weighted by Gasteiger charge is 2.31. The Morgan fingerprint density at radius 1 is 0.911 bits per heavy atom. The highest BCUT2D eigenvalue weighted by Crippen LogP contribution is 2.47. The molecule has 3 aliphatic rings. The van der Waals surface area contributed by atoms with Crippen LogP contribution in [0.5, 0.6) is 11.5 Å². The van der Waals surface area contributed by atoms with Crippen LogP contribution in [0.4, 0.5) is 10.1 Å². The van der Waals surface area contributed by atoms with Gasteiger partial charge in [-0.2, -0.15) is 0 Å². The fourth-order valence-electron chi connectivity index (χ4n) is 6.43. The summed E-state index contributed by atoms with van der Waals surface area (Å²) in [7, 11) is 0. The van der Waals surface area contributed by atoms with E-state index in [1.165, 1.54) is 6.07 Å². The molecule has 5 aromatic rings. The quantitative estimate of drug-likeness (QED) is 0.250. The van der Waals surface area contributed by atoms with Gasteiger partial charge in [0.1, 0.15) is 27.9 Å².